The van der Waals surface area contributed by atoms with Crippen LogP contribution < -0.4 is 14.8 Å². The molecule has 6 heteroatoms. The number of methoxy groups -OCH3 is 2. The summed E-state index contributed by atoms with van der Waals surface area (Å²) in [6, 6.07) is 20.8. The van der Waals surface area contributed by atoms with E-state index in [0.717, 1.165) is 49.9 Å². The third-order valence-corrected chi connectivity index (χ3v) is 5.94. The van der Waals surface area contributed by atoms with Crippen molar-refractivity contribution in [2.24, 2.45) is 0 Å². The molecule has 1 heterocycles. The normalized spacial score (nSPS) is 14.5. The molecule has 1 aliphatic heterocycles. The zero-order chi connectivity index (χ0) is 20.9. The van der Waals surface area contributed by atoms with Crippen molar-refractivity contribution in [3.8, 4) is 11.5 Å². The average molecular weight is 422 g/mol. The number of benzene rings is 3. The van der Waals surface area contributed by atoms with E-state index in [4.69, 9.17) is 21.7 Å². The smallest absolute Gasteiger partial charge is 0.173 e. The Morgan fingerprint density at radius 2 is 1.70 bits per heavy atom. The third kappa shape index (κ3) is 4.50. The first-order valence-corrected chi connectivity index (χ1v) is 10.6. The highest BCUT2D eigenvalue weighted by molar-refractivity contribution is 7.80. The van der Waals surface area contributed by atoms with Crippen LogP contribution in [0.5, 0.6) is 11.5 Å². The molecule has 3 aromatic rings. The predicted octanol–water partition coefficient (Wildman–Crippen LogP) is 4.37. The Morgan fingerprint density at radius 1 is 0.933 bits per heavy atom. The van der Waals surface area contributed by atoms with Crippen LogP contribution in [0.3, 0.4) is 0 Å². The number of fused-ring (bicyclic) bond motifs is 1. The van der Waals surface area contributed by atoms with Crippen LogP contribution in [-0.2, 0) is 6.54 Å². The van der Waals surface area contributed by atoms with Crippen LogP contribution in [0.25, 0.3) is 10.8 Å². The summed E-state index contributed by atoms with van der Waals surface area (Å²) in [6.07, 6.45) is 0. The lowest BCUT2D eigenvalue weighted by atomic mass is 10.0. The molecule has 1 fully saturated rings. The van der Waals surface area contributed by atoms with E-state index >= 15 is 0 Å². The Balaban J connectivity index is 1.37. The molecule has 30 heavy (non-hydrogen) atoms. The molecule has 5 nitrogen and oxygen atoms in total. The molecule has 0 radical (unpaired) electrons. The fourth-order valence-electron chi connectivity index (χ4n) is 3.89. The maximum absolute atomic E-state index is 5.67. The number of hydrogen-bond donors (Lipinski definition) is 1. The maximum Gasteiger partial charge on any atom is 0.173 e. The summed E-state index contributed by atoms with van der Waals surface area (Å²) >= 11 is 5.67. The van der Waals surface area contributed by atoms with Crippen molar-refractivity contribution in [3.05, 3.63) is 66.2 Å². The minimum absolute atomic E-state index is 0.714. The molecule has 156 valence electrons. The fraction of sp³-hybridized carbons (Fsp3) is 0.292. The van der Waals surface area contributed by atoms with Gasteiger partial charge in [0.15, 0.2) is 5.11 Å². The van der Waals surface area contributed by atoms with Crippen LogP contribution in [0.2, 0.25) is 0 Å². The van der Waals surface area contributed by atoms with Gasteiger partial charge in [-0.15, -0.1) is 0 Å². The van der Waals surface area contributed by atoms with E-state index in [1.165, 1.54) is 16.3 Å². The van der Waals surface area contributed by atoms with Crippen LogP contribution in [0.15, 0.2) is 60.7 Å². The number of piperazine rings is 1. The molecule has 0 saturated carbocycles. The second-order valence-corrected chi connectivity index (χ2v) is 7.78. The van der Waals surface area contributed by atoms with E-state index < -0.39 is 0 Å². The minimum atomic E-state index is 0.714. The summed E-state index contributed by atoms with van der Waals surface area (Å²) < 4.78 is 10.8. The molecule has 0 amide bonds. The standard InChI is InChI=1S/C24H27N3O2S/c1-28-20-10-11-23(29-2)22(16-20)25-24(30)27-14-12-26(13-15-27)17-19-8-5-7-18-6-3-4-9-21(18)19/h3-11,16H,12-15,17H2,1-2H3,(H,25,30). The van der Waals surface area contributed by atoms with Crippen LogP contribution in [0, 0.1) is 0 Å². The molecule has 1 N–H and O–H groups in total. The Bertz CT molecular complexity index is 1030. The molecule has 0 spiro atoms. The largest absolute Gasteiger partial charge is 0.497 e. The highest BCUT2D eigenvalue weighted by Crippen LogP contribution is 2.29. The Labute approximate surface area is 183 Å². The van der Waals surface area contributed by atoms with Gasteiger partial charge in [-0.2, -0.15) is 0 Å². The zero-order valence-corrected chi connectivity index (χ0v) is 18.2. The molecular weight excluding hydrogens is 394 g/mol. The summed E-state index contributed by atoms with van der Waals surface area (Å²) in [5, 5.41) is 6.68. The first kappa shape index (κ1) is 20.4. The van der Waals surface area contributed by atoms with Gasteiger partial charge in [0, 0.05) is 38.8 Å². The topological polar surface area (TPSA) is 37.0 Å². The van der Waals surface area contributed by atoms with Crippen molar-refractivity contribution in [1.29, 1.82) is 0 Å². The van der Waals surface area contributed by atoms with Crippen LogP contribution >= 0.6 is 12.2 Å². The van der Waals surface area contributed by atoms with Gasteiger partial charge in [-0.25, -0.2) is 0 Å². The Kier molecular flexibility index (Phi) is 6.35. The molecule has 0 aromatic heterocycles. The maximum atomic E-state index is 5.67. The van der Waals surface area contributed by atoms with Crippen LogP contribution in [0.4, 0.5) is 5.69 Å². The number of rotatable bonds is 5. The summed E-state index contributed by atoms with van der Waals surface area (Å²) in [5.41, 5.74) is 2.20. The van der Waals surface area contributed by atoms with Crippen molar-refractivity contribution in [3.63, 3.8) is 0 Å². The summed E-state index contributed by atoms with van der Waals surface area (Å²) in [4.78, 5) is 4.71. The number of anilines is 1. The van der Waals surface area contributed by atoms with E-state index in [-0.39, 0.29) is 0 Å². The minimum Gasteiger partial charge on any atom is -0.497 e. The van der Waals surface area contributed by atoms with Gasteiger partial charge < -0.3 is 19.7 Å². The number of nitrogens with zero attached hydrogens (tertiary/aromatic N) is 2. The predicted molar refractivity (Wildman–Crippen MR) is 127 cm³/mol. The highest BCUT2D eigenvalue weighted by atomic mass is 32.1. The highest BCUT2D eigenvalue weighted by Gasteiger charge is 2.20. The van der Waals surface area contributed by atoms with Gasteiger partial charge in [0.05, 0.1) is 19.9 Å². The van der Waals surface area contributed by atoms with Gasteiger partial charge in [-0.1, -0.05) is 42.5 Å². The zero-order valence-electron chi connectivity index (χ0n) is 17.4. The summed E-state index contributed by atoms with van der Waals surface area (Å²) in [6.45, 7) is 4.69. The second kappa shape index (κ2) is 9.32. The molecule has 0 unspecified atom stereocenters. The molecule has 4 rings (SSSR count). The molecule has 0 bridgehead atoms. The van der Waals surface area contributed by atoms with Crippen molar-refractivity contribution in [2.45, 2.75) is 6.54 Å². The molecule has 1 saturated heterocycles. The van der Waals surface area contributed by atoms with Gasteiger partial charge in [0.25, 0.3) is 0 Å². The van der Waals surface area contributed by atoms with Gasteiger partial charge in [0.2, 0.25) is 0 Å². The second-order valence-electron chi connectivity index (χ2n) is 7.40. The quantitative estimate of drug-likeness (QED) is 0.617. The number of thiocarbonyl (C=S) groups is 1. The van der Waals surface area contributed by atoms with Crippen molar-refractivity contribution in [1.82, 2.24) is 9.80 Å². The molecule has 0 aliphatic carbocycles. The molecule has 0 atom stereocenters. The first-order valence-electron chi connectivity index (χ1n) is 10.1. The molecule has 3 aromatic carbocycles. The number of nitrogens with one attached hydrogen (secondary N) is 1. The van der Waals surface area contributed by atoms with E-state index in [1.807, 2.05) is 18.2 Å². The lowest BCUT2D eigenvalue weighted by Crippen LogP contribution is -2.49. The third-order valence-electron chi connectivity index (χ3n) is 5.58. The van der Waals surface area contributed by atoms with Gasteiger partial charge >= 0.3 is 0 Å². The SMILES string of the molecule is COc1ccc(OC)c(NC(=S)N2CCN(Cc3cccc4ccccc34)CC2)c1. The van der Waals surface area contributed by atoms with Crippen LogP contribution in [-0.4, -0.2) is 55.3 Å². The first-order chi connectivity index (χ1) is 14.7. The van der Waals surface area contributed by atoms with Gasteiger partial charge in [0.1, 0.15) is 11.5 Å². The van der Waals surface area contributed by atoms with Gasteiger partial charge in [-0.05, 0) is 40.7 Å². The van der Waals surface area contributed by atoms with E-state index in [0.29, 0.717) is 5.11 Å². The molecular formula is C24H27N3O2S. The Hall–Kier alpha value is -2.83. The summed E-state index contributed by atoms with van der Waals surface area (Å²) in [5.74, 6) is 1.51. The Morgan fingerprint density at radius 3 is 2.47 bits per heavy atom. The van der Waals surface area contributed by atoms with Crippen molar-refractivity contribution >= 4 is 33.8 Å². The lowest BCUT2D eigenvalue weighted by Gasteiger charge is -2.36. The number of hydrogen-bond acceptors (Lipinski definition) is 4. The monoisotopic (exact) mass is 421 g/mol. The van der Waals surface area contributed by atoms with Crippen molar-refractivity contribution in [2.75, 3.05) is 45.7 Å². The fourth-order valence-corrected chi connectivity index (χ4v) is 4.18. The van der Waals surface area contributed by atoms with E-state index in [1.54, 1.807) is 14.2 Å². The summed E-state index contributed by atoms with van der Waals surface area (Å²) in [7, 11) is 3.31. The van der Waals surface area contributed by atoms with Crippen LogP contribution in [0.1, 0.15) is 5.56 Å². The number of ether oxygens (including phenoxy) is 2. The average Bonchev–Trinajstić information content (AvgIpc) is 2.79. The van der Waals surface area contributed by atoms with Gasteiger partial charge in [-0.3, -0.25) is 4.90 Å². The molecule has 1 aliphatic rings. The van der Waals surface area contributed by atoms with Crippen molar-refractivity contribution < 1.29 is 9.47 Å². The lowest BCUT2D eigenvalue weighted by molar-refractivity contribution is 0.177. The van der Waals surface area contributed by atoms with E-state index in [2.05, 4.69) is 57.6 Å². The van der Waals surface area contributed by atoms with E-state index in [9.17, 15) is 0 Å².